The molecule has 88 valence electrons. The van der Waals surface area contributed by atoms with Crippen molar-refractivity contribution in [1.29, 1.82) is 0 Å². The van der Waals surface area contributed by atoms with Crippen LogP contribution in [0.3, 0.4) is 0 Å². The third kappa shape index (κ3) is 2.45. The Labute approximate surface area is 101 Å². The lowest BCUT2D eigenvalue weighted by molar-refractivity contribution is 0.200. The molecule has 2 aromatic rings. The molecule has 1 aromatic carbocycles. The van der Waals surface area contributed by atoms with E-state index in [-0.39, 0.29) is 0 Å². The van der Waals surface area contributed by atoms with Gasteiger partial charge in [-0.15, -0.1) is 0 Å². The van der Waals surface area contributed by atoms with E-state index in [4.69, 9.17) is 0 Å². The van der Waals surface area contributed by atoms with Gasteiger partial charge in [0.1, 0.15) is 5.82 Å². The molecule has 3 heteroatoms. The molecule has 1 N–H and O–H groups in total. The standard InChI is InChI=1S/C14H16N2O/c1-11(17)12-7-3-4-8-13(12)16(2)14-9-5-6-10-15-14/h3-11,17H,1-2H3. The number of aliphatic hydroxyl groups is 1. The molecule has 0 aliphatic carbocycles. The summed E-state index contributed by atoms with van der Waals surface area (Å²) < 4.78 is 0. The first-order valence-electron chi connectivity index (χ1n) is 5.62. The van der Waals surface area contributed by atoms with Gasteiger partial charge in [-0.05, 0) is 25.1 Å². The molecule has 0 aliphatic heterocycles. The van der Waals surface area contributed by atoms with Crippen molar-refractivity contribution in [1.82, 2.24) is 4.98 Å². The predicted octanol–water partition coefficient (Wildman–Crippen LogP) is 2.90. The SMILES string of the molecule is CC(O)c1ccccc1N(C)c1ccccn1. The van der Waals surface area contributed by atoms with Crippen molar-refractivity contribution in [2.24, 2.45) is 0 Å². The number of aromatic nitrogens is 1. The van der Waals surface area contributed by atoms with E-state index in [1.807, 2.05) is 54.4 Å². The molecule has 0 bridgehead atoms. The zero-order chi connectivity index (χ0) is 12.3. The highest BCUT2D eigenvalue weighted by atomic mass is 16.3. The topological polar surface area (TPSA) is 36.4 Å². The summed E-state index contributed by atoms with van der Waals surface area (Å²) in [6.45, 7) is 1.77. The molecule has 3 nitrogen and oxygen atoms in total. The van der Waals surface area contributed by atoms with Gasteiger partial charge in [0.2, 0.25) is 0 Å². The fourth-order valence-electron chi connectivity index (χ4n) is 1.82. The summed E-state index contributed by atoms with van der Waals surface area (Å²) in [5, 5.41) is 9.75. The van der Waals surface area contributed by atoms with Gasteiger partial charge < -0.3 is 10.0 Å². The second kappa shape index (κ2) is 4.97. The average molecular weight is 228 g/mol. The molecule has 0 radical (unpaired) electrons. The molecule has 0 amide bonds. The predicted molar refractivity (Wildman–Crippen MR) is 69.4 cm³/mol. The maximum atomic E-state index is 9.75. The minimum absolute atomic E-state index is 0.489. The Kier molecular flexibility index (Phi) is 3.40. The minimum atomic E-state index is -0.489. The molecular formula is C14H16N2O. The molecule has 0 spiro atoms. The fourth-order valence-corrected chi connectivity index (χ4v) is 1.82. The Morgan fingerprint density at radius 1 is 1.12 bits per heavy atom. The van der Waals surface area contributed by atoms with Crippen LogP contribution in [-0.4, -0.2) is 17.1 Å². The highest BCUT2D eigenvalue weighted by Gasteiger charge is 2.12. The van der Waals surface area contributed by atoms with Crippen LogP contribution in [0.25, 0.3) is 0 Å². The zero-order valence-corrected chi connectivity index (χ0v) is 10.0. The quantitative estimate of drug-likeness (QED) is 0.877. The first kappa shape index (κ1) is 11.6. The summed E-state index contributed by atoms with van der Waals surface area (Å²) >= 11 is 0. The first-order chi connectivity index (χ1) is 8.20. The van der Waals surface area contributed by atoms with Crippen LogP contribution < -0.4 is 4.90 Å². The Hall–Kier alpha value is -1.87. The van der Waals surface area contributed by atoms with Crippen molar-refractivity contribution in [2.75, 3.05) is 11.9 Å². The molecule has 1 unspecified atom stereocenters. The minimum Gasteiger partial charge on any atom is -0.389 e. The van der Waals surface area contributed by atoms with Gasteiger partial charge >= 0.3 is 0 Å². The van der Waals surface area contributed by atoms with Crippen LogP contribution in [0.5, 0.6) is 0 Å². The van der Waals surface area contributed by atoms with Crippen molar-refractivity contribution in [3.05, 3.63) is 54.2 Å². The largest absolute Gasteiger partial charge is 0.389 e. The number of rotatable bonds is 3. The van der Waals surface area contributed by atoms with Crippen LogP contribution in [0.4, 0.5) is 11.5 Å². The molecule has 1 heterocycles. The maximum Gasteiger partial charge on any atom is 0.132 e. The van der Waals surface area contributed by atoms with Crippen molar-refractivity contribution >= 4 is 11.5 Å². The van der Waals surface area contributed by atoms with Gasteiger partial charge in [0.25, 0.3) is 0 Å². The third-order valence-electron chi connectivity index (χ3n) is 2.74. The molecule has 1 atom stereocenters. The fraction of sp³-hybridized carbons (Fsp3) is 0.214. The molecule has 17 heavy (non-hydrogen) atoms. The highest BCUT2D eigenvalue weighted by Crippen LogP contribution is 2.29. The van der Waals surface area contributed by atoms with Crippen LogP contribution in [0.2, 0.25) is 0 Å². The molecule has 1 aromatic heterocycles. The van der Waals surface area contributed by atoms with Crippen molar-refractivity contribution in [3.63, 3.8) is 0 Å². The Bertz CT molecular complexity index is 483. The van der Waals surface area contributed by atoms with Gasteiger partial charge in [-0.25, -0.2) is 4.98 Å². The third-order valence-corrected chi connectivity index (χ3v) is 2.74. The van der Waals surface area contributed by atoms with E-state index < -0.39 is 6.10 Å². The Morgan fingerprint density at radius 3 is 2.47 bits per heavy atom. The van der Waals surface area contributed by atoms with Gasteiger partial charge in [-0.1, -0.05) is 24.3 Å². The Morgan fingerprint density at radius 2 is 1.82 bits per heavy atom. The lowest BCUT2D eigenvalue weighted by Crippen LogP contribution is -2.13. The average Bonchev–Trinajstić information content (AvgIpc) is 2.39. The van der Waals surface area contributed by atoms with Gasteiger partial charge in [-0.3, -0.25) is 0 Å². The van der Waals surface area contributed by atoms with Crippen LogP contribution >= 0.6 is 0 Å². The normalized spacial score (nSPS) is 12.2. The zero-order valence-electron chi connectivity index (χ0n) is 10.0. The van der Waals surface area contributed by atoms with E-state index in [1.165, 1.54) is 0 Å². The van der Waals surface area contributed by atoms with Crippen molar-refractivity contribution < 1.29 is 5.11 Å². The van der Waals surface area contributed by atoms with Gasteiger partial charge in [0.05, 0.1) is 6.10 Å². The van der Waals surface area contributed by atoms with Gasteiger partial charge in [0.15, 0.2) is 0 Å². The number of hydrogen-bond donors (Lipinski definition) is 1. The lowest BCUT2D eigenvalue weighted by Gasteiger charge is -2.22. The van der Waals surface area contributed by atoms with Crippen LogP contribution in [-0.2, 0) is 0 Å². The van der Waals surface area contributed by atoms with Gasteiger partial charge in [-0.2, -0.15) is 0 Å². The number of benzene rings is 1. The molecule has 2 rings (SSSR count). The number of nitrogens with zero attached hydrogens (tertiary/aromatic N) is 2. The number of hydrogen-bond acceptors (Lipinski definition) is 3. The monoisotopic (exact) mass is 228 g/mol. The summed E-state index contributed by atoms with van der Waals surface area (Å²) in [6, 6.07) is 13.6. The first-order valence-corrected chi connectivity index (χ1v) is 5.62. The summed E-state index contributed by atoms with van der Waals surface area (Å²) in [7, 11) is 1.95. The number of anilines is 2. The van der Waals surface area contributed by atoms with Crippen molar-refractivity contribution in [3.8, 4) is 0 Å². The number of pyridine rings is 1. The van der Waals surface area contributed by atoms with Gasteiger partial charge in [0, 0.05) is 24.5 Å². The molecule has 0 saturated heterocycles. The van der Waals surface area contributed by atoms with E-state index in [0.717, 1.165) is 17.1 Å². The molecule has 0 aliphatic rings. The van der Waals surface area contributed by atoms with Crippen LogP contribution in [0.1, 0.15) is 18.6 Å². The maximum absolute atomic E-state index is 9.75. The second-order valence-electron chi connectivity index (χ2n) is 3.98. The molecule has 0 saturated carbocycles. The van der Waals surface area contributed by atoms with E-state index in [1.54, 1.807) is 13.1 Å². The van der Waals surface area contributed by atoms with Crippen molar-refractivity contribution in [2.45, 2.75) is 13.0 Å². The highest BCUT2D eigenvalue weighted by molar-refractivity contribution is 5.63. The summed E-state index contributed by atoms with van der Waals surface area (Å²) in [5.74, 6) is 0.862. The van der Waals surface area contributed by atoms with E-state index in [9.17, 15) is 5.11 Å². The molecule has 0 fully saturated rings. The second-order valence-corrected chi connectivity index (χ2v) is 3.98. The Balaban J connectivity index is 2.41. The van der Waals surface area contributed by atoms with E-state index >= 15 is 0 Å². The smallest absolute Gasteiger partial charge is 0.132 e. The number of aliphatic hydroxyl groups excluding tert-OH is 1. The van der Waals surface area contributed by atoms with Crippen LogP contribution in [0.15, 0.2) is 48.7 Å². The summed E-state index contributed by atoms with van der Waals surface area (Å²) in [4.78, 5) is 6.27. The summed E-state index contributed by atoms with van der Waals surface area (Å²) in [6.07, 6.45) is 1.27. The summed E-state index contributed by atoms with van der Waals surface area (Å²) in [5.41, 5.74) is 1.88. The van der Waals surface area contributed by atoms with E-state index in [0.29, 0.717) is 0 Å². The number of para-hydroxylation sites is 1. The van der Waals surface area contributed by atoms with E-state index in [2.05, 4.69) is 4.98 Å². The molecular weight excluding hydrogens is 212 g/mol. The lowest BCUT2D eigenvalue weighted by atomic mass is 10.1. The van der Waals surface area contributed by atoms with Crippen LogP contribution in [0, 0.1) is 0 Å².